The summed E-state index contributed by atoms with van der Waals surface area (Å²) in [5.41, 5.74) is 1.36. The van der Waals surface area contributed by atoms with Gasteiger partial charge in [-0.05, 0) is 19.1 Å². The predicted octanol–water partition coefficient (Wildman–Crippen LogP) is 3.26. The van der Waals surface area contributed by atoms with Gasteiger partial charge < -0.3 is 14.8 Å². The summed E-state index contributed by atoms with van der Waals surface area (Å²) in [7, 11) is 1.39. The Labute approximate surface area is 120 Å². The van der Waals surface area contributed by atoms with Gasteiger partial charge in [-0.1, -0.05) is 0 Å². The van der Waals surface area contributed by atoms with Crippen molar-refractivity contribution in [2.75, 3.05) is 12.4 Å². The Balaban J connectivity index is 2.16. The number of methoxy groups -OCH3 is 1. The van der Waals surface area contributed by atoms with Crippen molar-refractivity contribution in [2.24, 2.45) is 0 Å². The van der Waals surface area contributed by atoms with Gasteiger partial charge in [0.1, 0.15) is 0 Å². The number of benzene rings is 1. The summed E-state index contributed by atoms with van der Waals surface area (Å²) in [4.78, 5) is 8.16. The number of nitrogens with one attached hydrogen (secondary N) is 1. The molecule has 1 heterocycles. The molecule has 21 heavy (non-hydrogen) atoms. The van der Waals surface area contributed by atoms with E-state index in [1.54, 1.807) is 30.7 Å². The minimum atomic E-state index is -2.91. The van der Waals surface area contributed by atoms with Crippen LogP contribution in [0.1, 0.15) is 18.7 Å². The van der Waals surface area contributed by atoms with Crippen molar-refractivity contribution in [1.82, 2.24) is 9.97 Å². The molecular weight excluding hydrogens is 280 g/mol. The van der Waals surface area contributed by atoms with Gasteiger partial charge in [0, 0.05) is 24.1 Å². The van der Waals surface area contributed by atoms with Gasteiger partial charge in [-0.25, -0.2) is 0 Å². The molecule has 0 spiro atoms. The molecule has 1 N–H and O–H groups in total. The van der Waals surface area contributed by atoms with E-state index in [-0.39, 0.29) is 17.5 Å². The van der Waals surface area contributed by atoms with Crippen molar-refractivity contribution < 1.29 is 18.3 Å². The van der Waals surface area contributed by atoms with E-state index >= 15 is 0 Å². The standard InChI is InChI=1S/C14H15F2N3O2/c1-9(11-8-17-5-6-18-11)19-10-3-4-12(20-2)13(7-10)21-14(15)16/h3-9,14,19H,1-2H3. The summed E-state index contributed by atoms with van der Waals surface area (Å²) in [6.07, 6.45) is 4.81. The van der Waals surface area contributed by atoms with E-state index in [9.17, 15) is 8.78 Å². The lowest BCUT2D eigenvalue weighted by molar-refractivity contribution is -0.0511. The highest BCUT2D eigenvalue weighted by molar-refractivity contribution is 5.55. The van der Waals surface area contributed by atoms with Gasteiger partial charge >= 0.3 is 6.61 Å². The maximum absolute atomic E-state index is 12.4. The Hall–Kier alpha value is -2.44. The molecule has 0 aliphatic heterocycles. The molecule has 2 rings (SSSR count). The molecule has 1 aromatic heterocycles. The zero-order chi connectivity index (χ0) is 15.2. The van der Waals surface area contributed by atoms with Crippen LogP contribution in [0.2, 0.25) is 0 Å². The minimum absolute atomic E-state index is 0.0242. The molecule has 0 aliphatic rings. The average Bonchev–Trinajstić information content (AvgIpc) is 2.48. The van der Waals surface area contributed by atoms with Gasteiger partial charge in [0.15, 0.2) is 11.5 Å². The lowest BCUT2D eigenvalue weighted by Crippen LogP contribution is -2.09. The fourth-order valence-electron chi connectivity index (χ4n) is 1.81. The van der Waals surface area contributed by atoms with Gasteiger partial charge in [-0.3, -0.25) is 9.97 Å². The number of anilines is 1. The summed E-state index contributed by atoms with van der Waals surface area (Å²) in [5, 5.41) is 3.14. The van der Waals surface area contributed by atoms with E-state index in [4.69, 9.17) is 4.74 Å². The topological polar surface area (TPSA) is 56.3 Å². The van der Waals surface area contributed by atoms with E-state index in [1.165, 1.54) is 13.2 Å². The van der Waals surface area contributed by atoms with E-state index in [0.29, 0.717) is 5.69 Å². The largest absolute Gasteiger partial charge is 0.493 e. The molecular formula is C14H15F2N3O2. The molecule has 0 saturated carbocycles. The van der Waals surface area contributed by atoms with Crippen molar-refractivity contribution in [2.45, 2.75) is 19.6 Å². The van der Waals surface area contributed by atoms with Crippen LogP contribution in [0.25, 0.3) is 0 Å². The van der Waals surface area contributed by atoms with E-state index < -0.39 is 6.61 Å². The summed E-state index contributed by atoms with van der Waals surface area (Å²) in [5.74, 6) is 0.219. The normalized spacial score (nSPS) is 12.0. The van der Waals surface area contributed by atoms with Gasteiger partial charge in [0.05, 0.1) is 25.0 Å². The average molecular weight is 295 g/mol. The van der Waals surface area contributed by atoms with E-state index in [2.05, 4.69) is 20.0 Å². The molecule has 1 atom stereocenters. The second-order valence-electron chi connectivity index (χ2n) is 4.24. The van der Waals surface area contributed by atoms with Crippen LogP contribution in [0.5, 0.6) is 11.5 Å². The summed E-state index contributed by atoms with van der Waals surface area (Å²) >= 11 is 0. The molecule has 0 radical (unpaired) electrons. The molecule has 0 aliphatic carbocycles. The quantitative estimate of drug-likeness (QED) is 0.886. The number of aromatic nitrogens is 2. The molecule has 0 saturated heterocycles. The van der Waals surface area contributed by atoms with Crippen LogP contribution in [-0.2, 0) is 0 Å². The SMILES string of the molecule is COc1ccc(NC(C)c2cnccn2)cc1OC(F)F. The highest BCUT2D eigenvalue weighted by Crippen LogP contribution is 2.32. The molecule has 1 unspecified atom stereocenters. The Kier molecular flexibility index (Phi) is 4.86. The molecule has 1 aromatic carbocycles. The summed E-state index contributed by atoms with van der Waals surface area (Å²) in [6, 6.07) is 4.59. The highest BCUT2D eigenvalue weighted by Gasteiger charge is 2.13. The zero-order valence-corrected chi connectivity index (χ0v) is 11.6. The van der Waals surface area contributed by atoms with Crippen molar-refractivity contribution >= 4 is 5.69 Å². The second kappa shape index (κ2) is 6.83. The maximum atomic E-state index is 12.4. The number of hydrogen-bond donors (Lipinski definition) is 1. The van der Waals surface area contributed by atoms with Crippen LogP contribution in [0.3, 0.4) is 0 Å². The smallest absolute Gasteiger partial charge is 0.387 e. The maximum Gasteiger partial charge on any atom is 0.387 e. The zero-order valence-electron chi connectivity index (χ0n) is 11.6. The Bertz CT molecular complexity index is 582. The van der Waals surface area contributed by atoms with Crippen LogP contribution >= 0.6 is 0 Å². The van der Waals surface area contributed by atoms with Gasteiger partial charge in [0.25, 0.3) is 0 Å². The Morgan fingerprint density at radius 2 is 2.00 bits per heavy atom. The highest BCUT2D eigenvalue weighted by atomic mass is 19.3. The first-order chi connectivity index (χ1) is 10.1. The number of ether oxygens (including phenoxy) is 2. The van der Waals surface area contributed by atoms with Crippen molar-refractivity contribution in [3.05, 3.63) is 42.5 Å². The fraction of sp³-hybridized carbons (Fsp3) is 0.286. The summed E-state index contributed by atoms with van der Waals surface area (Å²) in [6.45, 7) is -1.02. The molecule has 0 bridgehead atoms. The third-order valence-corrected chi connectivity index (χ3v) is 2.79. The van der Waals surface area contributed by atoms with Crippen LogP contribution in [-0.4, -0.2) is 23.7 Å². The number of rotatable bonds is 6. The van der Waals surface area contributed by atoms with Gasteiger partial charge in [-0.2, -0.15) is 8.78 Å². The fourth-order valence-corrected chi connectivity index (χ4v) is 1.81. The molecule has 112 valence electrons. The molecule has 2 aromatic rings. The number of nitrogens with zero attached hydrogens (tertiary/aromatic N) is 2. The van der Waals surface area contributed by atoms with Crippen LogP contribution in [0.4, 0.5) is 14.5 Å². The Morgan fingerprint density at radius 1 is 1.19 bits per heavy atom. The van der Waals surface area contributed by atoms with Crippen LogP contribution in [0, 0.1) is 0 Å². The second-order valence-corrected chi connectivity index (χ2v) is 4.24. The monoisotopic (exact) mass is 295 g/mol. The summed E-state index contributed by atoms with van der Waals surface area (Å²) < 4.78 is 34.2. The Morgan fingerprint density at radius 3 is 2.62 bits per heavy atom. The molecule has 0 fully saturated rings. The van der Waals surface area contributed by atoms with Crippen LogP contribution in [0.15, 0.2) is 36.8 Å². The third kappa shape index (κ3) is 4.01. The third-order valence-electron chi connectivity index (χ3n) is 2.79. The van der Waals surface area contributed by atoms with E-state index in [0.717, 1.165) is 5.69 Å². The number of hydrogen-bond acceptors (Lipinski definition) is 5. The molecule has 5 nitrogen and oxygen atoms in total. The first kappa shape index (κ1) is 15.0. The van der Waals surface area contributed by atoms with Crippen LogP contribution < -0.4 is 14.8 Å². The van der Waals surface area contributed by atoms with Crippen molar-refractivity contribution in [1.29, 1.82) is 0 Å². The molecule has 7 heteroatoms. The lowest BCUT2D eigenvalue weighted by Gasteiger charge is -2.16. The van der Waals surface area contributed by atoms with Gasteiger partial charge in [-0.15, -0.1) is 0 Å². The number of alkyl halides is 2. The van der Waals surface area contributed by atoms with E-state index in [1.807, 2.05) is 6.92 Å². The van der Waals surface area contributed by atoms with Crippen molar-refractivity contribution in [3.8, 4) is 11.5 Å². The molecule has 0 amide bonds. The van der Waals surface area contributed by atoms with Crippen molar-refractivity contribution in [3.63, 3.8) is 0 Å². The number of halogens is 2. The predicted molar refractivity (Wildman–Crippen MR) is 73.7 cm³/mol. The first-order valence-electron chi connectivity index (χ1n) is 6.25. The lowest BCUT2D eigenvalue weighted by atomic mass is 10.2. The van der Waals surface area contributed by atoms with Gasteiger partial charge in [0.2, 0.25) is 0 Å². The minimum Gasteiger partial charge on any atom is -0.493 e. The first-order valence-corrected chi connectivity index (χ1v) is 6.25.